The first-order valence-corrected chi connectivity index (χ1v) is 12.5. The van der Waals surface area contributed by atoms with Gasteiger partial charge in [0, 0.05) is 53.4 Å². The Morgan fingerprint density at radius 3 is 2.49 bits per heavy atom. The number of ether oxygens (including phenoxy) is 1. The van der Waals surface area contributed by atoms with Crippen molar-refractivity contribution in [3.05, 3.63) is 64.3 Å². The van der Waals surface area contributed by atoms with Crippen molar-refractivity contribution in [2.45, 2.75) is 64.4 Å². The van der Waals surface area contributed by atoms with Crippen molar-refractivity contribution in [3.8, 4) is 0 Å². The number of aromatic nitrogens is 1. The number of ketones is 1. The van der Waals surface area contributed by atoms with Crippen molar-refractivity contribution in [2.75, 3.05) is 25.5 Å². The summed E-state index contributed by atoms with van der Waals surface area (Å²) in [5, 5.41) is 4.15. The van der Waals surface area contributed by atoms with Crippen LogP contribution in [0.2, 0.25) is 0 Å². The summed E-state index contributed by atoms with van der Waals surface area (Å²) in [6.07, 6.45) is 1.48. The number of piperidine rings is 1. The van der Waals surface area contributed by atoms with Crippen molar-refractivity contribution in [2.24, 2.45) is 0 Å². The Balaban J connectivity index is 1.44. The molecule has 1 amide bonds. The molecule has 1 aliphatic carbocycles. The third-order valence-electron chi connectivity index (χ3n) is 7.52. The van der Waals surface area contributed by atoms with E-state index in [1.165, 1.54) is 5.56 Å². The zero-order valence-corrected chi connectivity index (χ0v) is 21.5. The van der Waals surface area contributed by atoms with Crippen LogP contribution in [0.25, 0.3) is 10.9 Å². The minimum Gasteiger partial charge on any atom is -0.444 e. The average Bonchev–Trinajstić information content (AvgIpc) is 3.21. The van der Waals surface area contributed by atoms with Crippen LogP contribution in [0.1, 0.15) is 86.1 Å². The molecule has 35 heavy (non-hydrogen) atoms. The van der Waals surface area contributed by atoms with Crippen LogP contribution in [0, 0.1) is 0 Å². The molecule has 2 aliphatic rings. The lowest BCUT2D eigenvalue weighted by Crippen LogP contribution is -2.41. The highest BCUT2D eigenvalue weighted by atomic mass is 16.6. The molecular formula is C29H35N3O3. The van der Waals surface area contributed by atoms with Gasteiger partial charge in [-0.1, -0.05) is 32.0 Å². The number of aromatic amines is 1. The zero-order chi connectivity index (χ0) is 25.1. The summed E-state index contributed by atoms with van der Waals surface area (Å²) in [6.45, 7) is 11.4. The number of hydrogen-bond donors (Lipinski definition) is 2. The molecule has 1 aliphatic heterocycles. The first-order chi connectivity index (χ1) is 16.5. The lowest BCUT2D eigenvalue weighted by Gasteiger charge is -2.35. The van der Waals surface area contributed by atoms with E-state index >= 15 is 0 Å². The molecular weight excluding hydrogens is 438 g/mol. The van der Waals surface area contributed by atoms with E-state index in [1.807, 2.05) is 40.0 Å². The average molecular weight is 474 g/mol. The van der Waals surface area contributed by atoms with Gasteiger partial charge in [-0.15, -0.1) is 0 Å². The number of nitrogens with zero attached hydrogens (tertiary/aromatic N) is 1. The van der Waals surface area contributed by atoms with Crippen LogP contribution in [0.4, 0.5) is 10.5 Å². The molecule has 6 heteroatoms. The largest absolute Gasteiger partial charge is 0.444 e. The molecule has 6 nitrogen and oxygen atoms in total. The molecule has 0 unspecified atom stereocenters. The summed E-state index contributed by atoms with van der Waals surface area (Å²) in [5.74, 6) is 0.406. The maximum absolute atomic E-state index is 13.8. The van der Waals surface area contributed by atoms with E-state index in [0.29, 0.717) is 19.0 Å². The van der Waals surface area contributed by atoms with E-state index in [9.17, 15) is 9.59 Å². The molecule has 2 N–H and O–H groups in total. The number of hydrogen-bond acceptors (Lipinski definition) is 4. The van der Waals surface area contributed by atoms with Crippen molar-refractivity contribution in [1.82, 2.24) is 9.88 Å². The van der Waals surface area contributed by atoms with Gasteiger partial charge < -0.3 is 19.9 Å². The van der Waals surface area contributed by atoms with Crippen LogP contribution < -0.4 is 5.32 Å². The van der Waals surface area contributed by atoms with Gasteiger partial charge in [-0.05, 0) is 68.9 Å². The third-order valence-corrected chi connectivity index (χ3v) is 7.52. The molecule has 0 spiro atoms. The summed E-state index contributed by atoms with van der Waals surface area (Å²) >= 11 is 0. The van der Waals surface area contributed by atoms with Crippen molar-refractivity contribution in [1.29, 1.82) is 0 Å². The van der Waals surface area contributed by atoms with Crippen LogP contribution in [-0.4, -0.2) is 47.5 Å². The first kappa shape index (κ1) is 23.5. The monoisotopic (exact) mass is 473 g/mol. The molecule has 1 fully saturated rings. The first-order valence-electron chi connectivity index (χ1n) is 12.5. The Bertz CT molecular complexity index is 1320. The van der Waals surface area contributed by atoms with E-state index in [4.69, 9.17) is 4.74 Å². The Morgan fingerprint density at radius 1 is 1.11 bits per heavy atom. The van der Waals surface area contributed by atoms with E-state index in [2.05, 4.69) is 48.4 Å². The lowest BCUT2D eigenvalue weighted by atomic mass is 9.70. The van der Waals surface area contributed by atoms with Crippen molar-refractivity contribution >= 4 is 28.5 Å². The SMILES string of the molecule is CNc1ccc2c3c([nH]c2c1)C(C)(C)c1ccc(C2CCN(C(=O)OC(C)(C)C)CC2)cc1C3=O. The number of carbonyl (C=O) groups excluding carboxylic acids is 2. The molecule has 184 valence electrons. The molecule has 3 aromatic rings. The van der Waals surface area contributed by atoms with Gasteiger partial charge in [-0.2, -0.15) is 0 Å². The summed E-state index contributed by atoms with van der Waals surface area (Å²) in [4.78, 5) is 31.6. The van der Waals surface area contributed by atoms with Crippen LogP contribution in [-0.2, 0) is 10.2 Å². The van der Waals surface area contributed by atoms with Crippen LogP contribution in [0.15, 0.2) is 36.4 Å². The lowest BCUT2D eigenvalue weighted by molar-refractivity contribution is 0.0205. The molecule has 0 radical (unpaired) electrons. The Kier molecular flexibility index (Phi) is 5.46. The number of amides is 1. The van der Waals surface area contributed by atoms with E-state index in [1.54, 1.807) is 4.90 Å². The van der Waals surface area contributed by atoms with Gasteiger partial charge in [0.15, 0.2) is 5.78 Å². The van der Waals surface area contributed by atoms with E-state index < -0.39 is 5.60 Å². The van der Waals surface area contributed by atoms with Crippen LogP contribution in [0.5, 0.6) is 0 Å². The second-order valence-electron chi connectivity index (χ2n) is 11.4. The standard InChI is InChI=1S/C29H35N3O3/c1-28(2,3)35-27(34)32-13-11-17(12-14-32)18-7-10-22-21(15-18)25(33)24-20-9-8-19(30-6)16-23(20)31-26(24)29(22,4)5/h7-10,15-17,30-31H,11-14H2,1-6H3. The fourth-order valence-electron chi connectivity index (χ4n) is 5.60. The maximum atomic E-state index is 13.8. The molecule has 5 rings (SSSR count). The highest BCUT2D eigenvalue weighted by Crippen LogP contribution is 2.45. The fraction of sp³-hybridized carbons (Fsp3) is 0.448. The van der Waals surface area contributed by atoms with Gasteiger partial charge in [-0.3, -0.25) is 4.79 Å². The number of H-pyrrole nitrogens is 1. The summed E-state index contributed by atoms with van der Waals surface area (Å²) in [5.41, 5.74) is 6.00. The number of carbonyl (C=O) groups is 2. The van der Waals surface area contributed by atoms with Gasteiger partial charge in [0.2, 0.25) is 0 Å². The van der Waals surface area contributed by atoms with Gasteiger partial charge >= 0.3 is 6.09 Å². The van der Waals surface area contributed by atoms with Gasteiger partial charge in [0.05, 0.1) is 5.56 Å². The number of likely N-dealkylation sites (tertiary alicyclic amines) is 1. The highest BCUT2D eigenvalue weighted by Gasteiger charge is 2.40. The Labute approximate surface area is 207 Å². The quantitative estimate of drug-likeness (QED) is 0.465. The van der Waals surface area contributed by atoms with Crippen molar-refractivity contribution in [3.63, 3.8) is 0 Å². The van der Waals surface area contributed by atoms with Crippen LogP contribution >= 0.6 is 0 Å². The van der Waals surface area contributed by atoms with E-state index in [-0.39, 0.29) is 17.3 Å². The normalized spacial score (nSPS) is 17.8. The van der Waals surface area contributed by atoms with E-state index in [0.717, 1.165) is 51.8 Å². The smallest absolute Gasteiger partial charge is 0.410 e. The second kappa shape index (κ2) is 8.14. The predicted octanol–water partition coefficient (Wildman–Crippen LogP) is 6.19. The molecule has 0 saturated carbocycles. The summed E-state index contributed by atoms with van der Waals surface area (Å²) in [6, 6.07) is 12.5. The second-order valence-corrected chi connectivity index (χ2v) is 11.4. The molecule has 0 atom stereocenters. The predicted molar refractivity (Wildman–Crippen MR) is 140 cm³/mol. The third kappa shape index (κ3) is 3.99. The van der Waals surface area contributed by atoms with Crippen LogP contribution in [0.3, 0.4) is 0 Å². The molecule has 1 saturated heterocycles. The Morgan fingerprint density at radius 2 is 1.83 bits per heavy atom. The minimum atomic E-state index is -0.491. The minimum absolute atomic E-state index is 0.0887. The zero-order valence-electron chi connectivity index (χ0n) is 21.5. The van der Waals surface area contributed by atoms with Gasteiger partial charge in [0.25, 0.3) is 0 Å². The number of benzene rings is 2. The summed E-state index contributed by atoms with van der Waals surface area (Å²) < 4.78 is 5.54. The van der Waals surface area contributed by atoms with Gasteiger partial charge in [-0.25, -0.2) is 4.79 Å². The molecule has 1 aromatic heterocycles. The maximum Gasteiger partial charge on any atom is 0.410 e. The summed E-state index contributed by atoms with van der Waals surface area (Å²) in [7, 11) is 1.90. The number of anilines is 1. The van der Waals surface area contributed by atoms with Gasteiger partial charge in [0.1, 0.15) is 5.60 Å². The Hall–Kier alpha value is -3.28. The number of nitrogens with one attached hydrogen (secondary N) is 2. The topological polar surface area (TPSA) is 74.4 Å². The van der Waals surface area contributed by atoms with Crippen molar-refractivity contribution < 1.29 is 14.3 Å². The number of fused-ring (bicyclic) bond motifs is 4. The molecule has 2 heterocycles. The fourth-order valence-corrected chi connectivity index (χ4v) is 5.60. The molecule has 2 aromatic carbocycles. The molecule has 0 bridgehead atoms. The highest BCUT2D eigenvalue weighted by molar-refractivity contribution is 6.20. The number of rotatable bonds is 2.